The largest absolute Gasteiger partial charge is 0.461 e. The molecule has 13 heteroatoms. The minimum Gasteiger partial charge on any atom is -0.461 e. The molecule has 28 heavy (non-hydrogen) atoms. The highest BCUT2D eigenvalue weighted by molar-refractivity contribution is 5.93. The van der Waals surface area contributed by atoms with Gasteiger partial charge >= 0.3 is 11.9 Å². The molecule has 0 atom stereocenters. The summed E-state index contributed by atoms with van der Waals surface area (Å²) >= 11 is 0. The van der Waals surface area contributed by atoms with Crippen LogP contribution in [-0.2, 0) is 19.2 Å². The third-order valence-electron chi connectivity index (χ3n) is 3.21. The van der Waals surface area contributed by atoms with Crippen LogP contribution < -0.4 is 4.74 Å². The minimum absolute atomic E-state index is 0.0515. The van der Waals surface area contributed by atoms with Crippen LogP contribution in [0.15, 0.2) is 24.3 Å². The van der Waals surface area contributed by atoms with Crippen molar-refractivity contribution in [1.82, 2.24) is 4.90 Å². The monoisotopic (exact) mass is 401 g/mol. The molecule has 0 spiro atoms. The van der Waals surface area contributed by atoms with E-state index in [1.54, 1.807) is 12.1 Å². The van der Waals surface area contributed by atoms with E-state index in [1.165, 1.54) is 24.0 Å². The lowest BCUT2D eigenvalue weighted by molar-refractivity contribution is -0.758. The average Bonchev–Trinajstić information content (AvgIpc) is 2.60. The zero-order valence-corrected chi connectivity index (χ0v) is 15.0. The highest BCUT2D eigenvalue weighted by atomic mass is 17.0. The van der Waals surface area contributed by atoms with Gasteiger partial charge < -0.3 is 19.1 Å². The molecule has 0 unspecified atom stereocenters. The van der Waals surface area contributed by atoms with E-state index < -0.39 is 22.1 Å². The first kappa shape index (κ1) is 22.6. The summed E-state index contributed by atoms with van der Waals surface area (Å²) in [5.41, 5.74) is 0.0534. The predicted molar refractivity (Wildman–Crippen MR) is 90.4 cm³/mol. The SMILES string of the molecule is CC(=O)Oc1ccccc1C(=O)OCCN(CCO[N+](=O)[O-])CCO[N+](=O)[O-]. The summed E-state index contributed by atoms with van der Waals surface area (Å²) in [6.45, 7) is 0.768. The van der Waals surface area contributed by atoms with Crippen LogP contribution in [0.25, 0.3) is 0 Å². The number of carbonyl (C=O) groups excluding carboxylic acids is 2. The fraction of sp³-hybridized carbons (Fsp3) is 0.467. The number of carbonyl (C=O) groups is 2. The Balaban J connectivity index is 2.56. The molecule has 13 nitrogen and oxygen atoms in total. The molecule has 0 fully saturated rings. The molecule has 0 aliphatic rings. The van der Waals surface area contributed by atoms with Gasteiger partial charge in [-0.2, -0.15) is 0 Å². The third-order valence-corrected chi connectivity index (χ3v) is 3.21. The van der Waals surface area contributed by atoms with Gasteiger partial charge in [-0.25, -0.2) is 4.79 Å². The zero-order chi connectivity index (χ0) is 20.9. The van der Waals surface area contributed by atoms with Crippen molar-refractivity contribution < 1.29 is 38.9 Å². The Labute approximate surface area is 158 Å². The van der Waals surface area contributed by atoms with Crippen LogP contribution in [-0.4, -0.2) is 66.5 Å². The lowest BCUT2D eigenvalue weighted by Gasteiger charge is -2.21. The second kappa shape index (κ2) is 12.0. The van der Waals surface area contributed by atoms with Crippen molar-refractivity contribution in [1.29, 1.82) is 0 Å². The third kappa shape index (κ3) is 9.28. The van der Waals surface area contributed by atoms with Crippen molar-refractivity contribution in [3.63, 3.8) is 0 Å². The van der Waals surface area contributed by atoms with Crippen molar-refractivity contribution in [3.05, 3.63) is 50.1 Å². The van der Waals surface area contributed by atoms with Crippen LogP contribution in [0.3, 0.4) is 0 Å². The van der Waals surface area contributed by atoms with E-state index in [1.807, 2.05) is 0 Å². The number of esters is 2. The maximum absolute atomic E-state index is 12.2. The summed E-state index contributed by atoms with van der Waals surface area (Å²) < 4.78 is 10.0. The molecule has 0 heterocycles. The number of benzene rings is 1. The number of hydrogen-bond donors (Lipinski definition) is 0. The summed E-state index contributed by atoms with van der Waals surface area (Å²) in [6, 6.07) is 6.02. The van der Waals surface area contributed by atoms with Crippen LogP contribution in [0.2, 0.25) is 0 Å². The van der Waals surface area contributed by atoms with Gasteiger partial charge in [-0.15, -0.1) is 20.2 Å². The van der Waals surface area contributed by atoms with Gasteiger partial charge in [-0.05, 0) is 12.1 Å². The second-order valence-electron chi connectivity index (χ2n) is 5.18. The summed E-state index contributed by atoms with van der Waals surface area (Å²) in [4.78, 5) is 53.6. The molecule has 0 N–H and O–H groups in total. The number of rotatable bonds is 13. The number of para-hydroxylation sites is 1. The van der Waals surface area contributed by atoms with E-state index in [4.69, 9.17) is 9.47 Å². The van der Waals surface area contributed by atoms with E-state index in [-0.39, 0.29) is 50.8 Å². The molecule has 0 saturated heterocycles. The number of hydrogen-bond acceptors (Lipinski definition) is 11. The van der Waals surface area contributed by atoms with Crippen molar-refractivity contribution >= 4 is 11.9 Å². The van der Waals surface area contributed by atoms with Gasteiger partial charge in [0.25, 0.3) is 10.2 Å². The number of nitrogens with zero attached hydrogens (tertiary/aromatic N) is 3. The average molecular weight is 401 g/mol. The Bertz CT molecular complexity index is 676. The Morgan fingerprint density at radius 2 is 1.50 bits per heavy atom. The van der Waals surface area contributed by atoms with Gasteiger partial charge in [0.15, 0.2) is 0 Å². The second-order valence-corrected chi connectivity index (χ2v) is 5.18. The first-order valence-corrected chi connectivity index (χ1v) is 8.01. The Morgan fingerprint density at radius 3 is 2.04 bits per heavy atom. The first-order chi connectivity index (χ1) is 13.3. The van der Waals surface area contributed by atoms with Crippen LogP contribution in [0.4, 0.5) is 0 Å². The fourth-order valence-electron chi connectivity index (χ4n) is 2.05. The Kier molecular flexibility index (Phi) is 9.67. The van der Waals surface area contributed by atoms with E-state index in [0.29, 0.717) is 0 Å². The van der Waals surface area contributed by atoms with Crippen molar-refractivity contribution in [2.45, 2.75) is 6.92 Å². The molecule has 0 aromatic heterocycles. The topological polar surface area (TPSA) is 161 Å². The smallest absolute Gasteiger partial charge is 0.341 e. The van der Waals surface area contributed by atoms with Gasteiger partial charge in [-0.1, -0.05) is 12.1 Å². The fourth-order valence-corrected chi connectivity index (χ4v) is 2.05. The lowest BCUT2D eigenvalue weighted by Crippen LogP contribution is -2.35. The summed E-state index contributed by atoms with van der Waals surface area (Å²) in [5, 5.41) is 18.5. The quantitative estimate of drug-likeness (QED) is 0.196. The van der Waals surface area contributed by atoms with Crippen molar-refractivity contribution in [2.24, 2.45) is 0 Å². The highest BCUT2D eigenvalue weighted by Gasteiger charge is 2.16. The Morgan fingerprint density at radius 1 is 0.964 bits per heavy atom. The van der Waals surface area contributed by atoms with Gasteiger partial charge in [0.05, 0.1) is 0 Å². The summed E-state index contributed by atoms with van der Waals surface area (Å²) in [5.74, 6) is -1.28. The molecule has 0 bridgehead atoms. The molecule has 154 valence electrons. The molecule has 0 aliphatic heterocycles. The standard InChI is InChI=1S/C15H19N3O10/c1-12(19)28-14-5-3-2-4-13(14)15(20)25-9-6-16(7-10-26-17(21)22)8-11-27-18(23)24/h2-5H,6-11H2,1H3. The van der Waals surface area contributed by atoms with Gasteiger partial charge in [0.2, 0.25) is 0 Å². The molecule has 0 aliphatic carbocycles. The van der Waals surface area contributed by atoms with E-state index in [2.05, 4.69) is 9.68 Å². The maximum Gasteiger partial charge on any atom is 0.341 e. The molecule has 0 saturated carbocycles. The molecule has 0 amide bonds. The normalized spacial score (nSPS) is 10.2. The van der Waals surface area contributed by atoms with Gasteiger partial charge in [0.1, 0.15) is 31.1 Å². The van der Waals surface area contributed by atoms with E-state index >= 15 is 0 Å². The van der Waals surface area contributed by atoms with E-state index in [9.17, 15) is 29.8 Å². The summed E-state index contributed by atoms with van der Waals surface area (Å²) in [7, 11) is 0. The van der Waals surface area contributed by atoms with Crippen LogP contribution >= 0.6 is 0 Å². The molecular weight excluding hydrogens is 382 g/mol. The Hall–Kier alpha value is -3.48. The van der Waals surface area contributed by atoms with Gasteiger partial charge in [-0.3, -0.25) is 9.69 Å². The molecule has 0 radical (unpaired) electrons. The van der Waals surface area contributed by atoms with Gasteiger partial charge in [0, 0.05) is 26.6 Å². The van der Waals surface area contributed by atoms with Crippen molar-refractivity contribution in [2.75, 3.05) is 39.5 Å². The van der Waals surface area contributed by atoms with E-state index in [0.717, 1.165) is 0 Å². The molecular formula is C15H19N3O10. The maximum atomic E-state index is 12.2. The molecule has 1 aromatic rings. The van der Waals surface area contributed by atoms with Crippen molar-refractivity contribution in [3.8, 4) is 5.75 Å². The molecule has 1 aromatic carbocycles. The lowest BCUT2D eigenvalue weighted by atomic mass is 10.2. The van der Waals surface area contributed by atoms with Crippen LogP contribution in [0.5, 0.6) is 5.75 Å². The first-order valence-electron chi connectivity index (χ1n) is 8.01. The van der Waals surface area contributed by atoms with Crippen LogP contribution in [0.1, 0.15) is 17.3 Å². The minimum atomic E-state index is -0.961. The summed E-state index contributed by atoms with van der Waals surface area (Å²) in [6.07, 6.45) is 0. The number of ether oxygens (including phenoxy) is 2. The molecule has 1 rings (SSSR count). The zero-order valence-electron chi connectivity index (χ0n) is 15.0. The highest BCUT2D eigenvalue weighted by Crippen LogP contribution is 2.19. The van der Waals surface area contributed by atoms with Crippen LogP contribution in [0, 0.1) is 20.2 Å². The predicted octanol–water partition coefficient (Wildman–Crippen LogP) is 0.487.